The minimum atomic E-state index is 0.632. The van der Waals surface area contributed by atoms with Crippen LogP contribution in [0.5, 0.6) is 0 Å². The maximum Gasteiger partial charge on any atom is 0.159 e. The molecule has 0 fully saturated rings. The van der Waals surface area contributed by atoms with Gasteiger partial charge in [-0.15, -0.1) is 0 Å². The lowest BCUT2D eigenvalue weighted by Crippen LogP contribution is -2.05. The van der Waals surface area contributed by atoms with Crippen LogP contribution in [0.3, 0.4) is 0 Å². The third kappa shape index (κ3) is 5.03. The molecule has 3 rings (SSSR count). The second-order valence-corrected chi connectivity index (χ2v) is 7.06. The van der Waals surface area contributed by atoms with Crippen LogP contribution in [0.2, 0.25) is 0 Å². The molecule has 3 aromatic rings. The minimum absolute atomic E-state index is 0.632. The number of hydrogen-bond donors (Lipinski definition) is 1. The van der Waals surface area contributed by atoms with Crippen LogP contribution in [0.1, 0.15) is 55.6 Å². The standard InChI is InChI=1S/C22H28N6/c1-5-6-7-8-19-9-11-20(12-10-19)18(4)25-26-21-14-22(24-15-23-21)28-17(3)13-16(2)27-28/h9-15H,5-8H2,1-4H3,(H,23,24,26)/b25-18-. The van der Waals surface area contributed by atoms with Gasteiger partial charge in [-0.3, -0.25) is 5.43 Å². The summed E-state index contributed by atoms with van der Waals surface area (Å²) in [4.78, 5) is 8.56. The molecule has 1 N–H and O–H groups in total. The summed E-state index contributed by atoms with van der Waals surface area (Å²) in [5, 5.41) is 8.94. The number of anilines is 1. The number of aromatic nitrogens is 4. The number of aryl methyl sites for hydroxylation is 3. The smallest absolute Gasteiger partial charge is 0.159 e. The Bertz CT molecular complexity index is 940. The van der Waals surface area contributed by atoms with Crippen LogP contribution < -0.4 is 5.43 Å². The first-order chi connectivity index (χ1) is 13.6. The SMILES string of the molecule is CCCCCc1ccc(/C(C)=N\Nc2cc(-n3nc(C)cc3C)ncn2)cc1. The first-order valence-corrected chi connectivity index (χ1v) is 9.82. The Morgan fingerprint density at radius 3 is 2.54 bits per heavy atom. The van der Waals surface area contributed by atoms with Gasteiger partial charge in [0.25, 0.3) is 0 Å². The fourth-order valence-electron chi connectivity index (χ4n) is 3.08. The highest BCUT2D eigenvalue weighted by Crippen LogP contribution is 2.13. The average molecular weight is 377 g/mol. The highest BCUT2D eigenvalue weighted by atomic mass is 15.3. The zero-order chi connectivity index (χ0) is 19.9. The molecule has 0 atom stereocenters. The largest absolute Gasteiger partial charge is 0.261 e. The molecule has 0 unspecified atom stereocenters. The van der Waals surface area contributed by atoms with Crippen LogP contribution in [-0.2, 0) is 6.42 Å². The van der Waals surface area contributed by atoms with E-state index in [0.717, 1.165) is 29.1 Å². The van der Waals surface area contributed by atoms with Crippen LogP contribution in [0, 0.1) is 13.8 Å². The Labute approximate surface area is 166 Å². The van der Waals surface area contributed by atoms with E-state index in [4.69, 9.17) is 0 Å². The van der Waals surface area contributed by atoms with E-state index in [1.54, 1.807) is 4.68 Å². The predicted molar refractivity (Wildman–Crippen MR) is 114 cm³/mol. The lowest BCUT2D eigenvalue weighted by Gasteiger charge is -2.07. The second-order valence-electron chi connectivity index (χ2n) is 7.06. The maximum absolute atomic E-state index is 4.48. The Morgan fingerprint density at radius 1 is 1.07 bits per heavy atom. The van der Waals surface area contributed by atoms with Gasteiger partial charge in [0, 0.05) is 11.8 Å². The van der Waals surface area contributed by atoms with Gasteiger partial charge in [-0.05, 0) is 50.8 Å². The molecule has 0 radical (unpaired) electrons. The third-order valence-electron chi connectivity index (χ3n) is 4.66. The summed E-state index contributed by atoms with van der Waals surface area (Å²) in [5.41, 5.74) is 8.40. The summed E-state index contributed by atoms with van der Waals surface area (Å²) in [7, 11) is 0. The number of unbranched alkanes of at least 4 members (excludes halogenated alkanes) is 2. The normalized spacial score (nSPS) is 11.6. The number of hydrazone groups is 1. The van der Waals surface area contributed by atoms with Crippen LogP contribution in [0.25, 0.3) is 5.82 Å². The van der Waals surface area contributed by atoms with Crippen molar-refractivity contribution >= 4 is 11.5 Å². The van der Waals surface area contributed by atoms with Gasteiger partial charge in [-0.2, -0.15) is 10.2 Å². The Balaban J connectivity index is 1.68. The second kappa shape index (κ2) is 9.26. The molecule has 2 heterocycles. The minimum Gasteiger partial charge on any atom is -0.261 e. The highest BCUT2D eigenvalue weighted by Gasteiger charge is 2.06. The van der Waals surface area contributed by atoms with E-state index in [9.17, 15) is 0 Å². The first-order valence-electron chi connectivity index (χ1n) is 9.82. The van der Waals surface area contributed by atoms with E-state index in [-0.39, 0.29) is 0 Å². The number of nitrogens with one attached hydrogen (secondary N) is 1. The molecule has 28 heavy (non-hydrogen) atoms. The molecule has 0 saturated carbocycles. The van der Waals surface area contributed by atoms with Gasteiger partial charge in [-0.1, -0.05) is 44.0 Å². The third-order valence-corrected chi connectivity index (χ3v) is 4.66. The summed E-state index contributed by atoms with van der Waals surface area (Å²) in [6.07, 6.45) is 6.43. The summed E-state index contributed by atoms with van der Waals surface area (Å²) in [6, 6.07) is 12.5. The topological polar surface area (TPSA) is 68.0 Å². The van der Waals surface area contributed by atoms with Gasteiger partial charge in [-0.25, -0.2) is 14.6 Å². The first kappa shape index (κ1) is 19.7. The Hall–Kier alpha value is -3.02. The maximum atomic E-state index is 4.48. The fourth-order valence-corrected chi connectivity index (χ4v) is 3.08. The molecule has 6 nitrogen and oxygen atoms in total. The molecule has 0 bridgehead atoms. The number of rotatable bonds is 8. The van der Waals surface area contributed by atoms with Crippen LogP contribution in [0.15, 0.2) is 47.8 Å². The van der Waals surface area contributed by atoms with E-state index in [1.165, 1.54) is 31.2 Å². The lowest BCUT2D eigenvalue weighted by molar-refractivity contribution is 0.717. The van der Waals surface area contributed by atoms with E-state index in [0.29, 0.717) is 11.6 Å². The van der Waals surface area contributed by atoms with Crippen LogP contribution >= 0.6 is 0 Å². The van der Waals surface area contributed by atoms with Gasteiger partial charge in [0.2, 0.25) is 0 Å². The molecule has 0 spiro atoms. The molecule has 0 saturated heterocycles. The summed E-state index contributed by atoms with van der Waals surface area (Å²) in [6.45, 7) is 8.19. The van der Waals surface area contributed by atoms with E-state index < -0.39 is 0 Å². The highest BCUT2D eigenvalue weighted by molar-refractivity contribution is 5.99. The van der Waals surface area contributed by atoms with Crippen molar-refractivity contribution in [3.63, 3.8) is 0 Å². The summed E-state index contributed by atoms with van der Waals surface area (Å²) in [5.74, 6) is 1.35. The Morgan fingerprint density at radius 2 is 1.86 bits per heavy atom. The molecule has 2 aromatic heterocycles. The van der Waals surface area contributed by atoms with Gasteiger partial charge >= 0.3 is 0 Å². The molecule has 0 aliphatic carbocycles. The zero-order valence-electron chi connectivity index (χ0n) is 17.1. The van der Waals surface area contributed by atoms with Crippen LogP contribution in [-0.4, -0.2) is 25.5 Å². The average Bonchev–Trinajstić information content (AvgIpc) is 3.05. The van der Waals surface area contributed by atoms with Crippen molar-refractivity contribution in [3.8, 4) is 5.82 Å². The summed E-state index contributed by atoms with van der Waals surface area (Å²) < 4.78 is 1.80. The van der Waals surface area contributed by atoms with Crippen molar-refractivity contribution in [1.82, 2.24) is 19.7 Å². The zero-order valence-corrected chi connectivity index (χ0v) is 17.1. The van der Waals surface area contributed by atoms with Gasteiger partial charge in [0.1, 0.15) is 6.33 Å². The van der Waals surface area contributed by atoms with Crippen LogP contribution in [0.4, 0.5) is 5.82 Å². The van der Waals surface area contributed by atoms with E-state index in [1.807, 2.05) is 32.9 Å². The molecule has 6 heteroatoms. The molecule has 1 aromatic carbocycles. The molecular weight excluding hydrogens is 348 g/mol. The Kier molecular flexibility index (Phi) is 6.53. The number of benzene rings is 1. The van der Waals surface area contributed by atoms with E-state index >= 15 is 0 Å². The number of nitrogens with zero attached hydrogens (tertiary/aromatic N) is 5. The lowest BCUT2D eigenvalue weighted by atomic mass is 10.0. The van der Waals surface area contributed by atoms with Gasteiger partial charge < -0.3 is 0 Å². The molecule has 0 aliphatic heterocycles. The summed E-state index contributed by atoms with van der Waals surface area (Å²) >= 11 is 0. The molecule has 146 valence electrons. The van der Waals surface area contributed by atoms with Crippen molar-refractivity contribution in [1.29, 1.82) is 0 Å². The van der Waals surface area contributed by atoms with E-state index in [2.05, 4.69) is 56.8 Å². The van der Waals surface area contributed by atoms with Crippen molar-refractivity contribution in [2.24, 2.45) is 5.10 Å². The fraction of sp³-hybridized carbons (Fsp3) is 0.364. The molecular formula is C22H28N6. The van der Waals surface area contributed by atoms with Crippen molar-refractivity contribution in [2.45, 2.75) is 53.4 Å². The van der Waals surface area contributed by atoms with Gasteiger partial charge in [0.15, 0.2) is 11.6 Å². The predicted octanol–water partition coefficient (Wildman–Crippen LogP) is 4.85. The van der Waals surface area contributed by atoms with Gasteiger partial charge in [0.05, 0.1) is 11.4 Å². The molecule has 0 amide bonds. The number of hydrogen-bond acceptors (Lipinski definition) is 5. The molecule has 0 aliphatic rings. The van der Waals surface area contributed by atoms with Crippen molar-refractivity contribution in [2.75, 3.05) is 5.43 Å². The van der Waals surface area contributed by atoms with Crippen molar-refractivity contribution in [3.05, 3.63) is 65.2 Å². The van der Waals surface area contributed by atoms with Crippen molar-refractivity contribution < 1.29 is 0 Å². The quantitative estimate of drug-likeness (QED) is 0.347. The monoisotopic (exact) mass is 376 g/mol.